The van der Waals surface area contributed by atoms with Crippen LogP contribution in [-0.4, -0.2) is 13.1 Å². The van der Waals surface area contributed by atoms with E-state index in [9.17, 15) is 0 Å². The minimum atomic E-state index is 1.11. The molecule has 0 spiro atoms. The molecule has 0 unspecified atom stereocenters. The standard InChI is InChI=1S/C15H21N/c1-13(2)10-12-16-11-6-5-8-14-7-3-4-9-15(14)16/h3-4,7,9H,1,5-6,8,10-12H2,2H3. The Hall–Kier alpha value is -1.24. The molecule has 86 valence electrons. The van der Waals surface area contributed by atoms with Crippen molar-refractivity contribution in [1.82, 2.24) is 0 Å². The molecule has 2 rings (SSSR count). The molecule has 0 N–H and O–H groups in total. The molecule has 0 radical (unpaired) electrons. The van der Waals surface area contributed by atoms with E-state index in [2.05, 4.69) is 42.7 Å². The minimum Gasteiger partial charge on any atom is -0.371 e. The molecule has 0 saturated carbocycles. The van der Waals surface area contributed by atoms with Crippen LogP contribution in [0.3, 0.4) is 0 Å². The predicted octanol–water partition coefficient (Wildman–Crippen LogP) is 3.80. The quantitative estimate of drug-likeness (QED) is 0.693. The Morgan fingerprint density at radius 3 is 2.94 bits per heavy atom. The second-order valence-corrected chi connectivity index (χ2v) is 4.78. The summed E-state index contributed by atoms with van der Waals surface area (Å²) in [6.45, 7) is 8.42. The molecule has 16 heavy (non-hydrogen) atoms. The minimum absolute atomic E-state index is 1.11. The largest absolute Gasteiger partial charge is 0.371 e. The molecule has 1 aliphatic rings. The fourth-order valence-corrected chi connectivity index (χ4v) is 2.33. The fourth-order valence-electron chi connectivity index (χ4n) is 2.33. The van der Waals surface area contributed by atoms with Gasteiger partial charge < -0.3 is 4.90 Å². The van der Waals surface area contributed by atoms with Gasteiger partial charge in [0.15, 0.2) is 0 Å². The van der Waals surface area contributed by atoms with Crippen molar-refractivity contribution < 1.29 is 0 Å². The Kier molecular flexibility index (Phi) is 3.66. The lowest BCUT2D eigenvalue weighted by molar-refractivity contribution is 0.710. The van der Waals surface area contributed by atoms with Gasteiger partial charge in [0, 0.05) is 18.8 Å². The molecular weight excluding hydrogens is 194 g/mol. The second-order valence-electron chi connectivity index (χ2n) is 4.78. The first-order valence-corrected chi connectivity index (χ1v) is 6.24. The molecule has 1 nitrogen and oxygen atoms in total. The van der Waals surface area contributed by atoms with Crippen molar-refractivity contribution in [2.75, 3.05) is 18.0 Å². The summed E-state index contributed by atoms with van der Waals surface area (Å²) in [6, 6.07) is 8.84. The maximum Gasteiger partial charge on any atom is 0.0398 e. The van der Waals surface area contributed by atoms with Gasteiger partial charge in [-0.05, 0) is 44.2 Å². The highest BCUT2D eigenvalue weighted by atomic mass is 15.1. The molecule has 1 heteroatoms. The van der Waals surface area contributed by atoms with Crippen LogP contribution in [0.25, 0.3) is 0 Å². The van der Waals surface area contributed by atoms with Crippen LogP contribution in [0.4, 0.5) is 5.69 Å². The predicted molar refractivity (Wildman–Crippen MR) is 71.0 cm³/mol. The highest BCUT2D eigenvalue weighted by Gasteiger charge is 2.13. The van der Waals surface area contributed by atoms with Crippen LogP contribution in [0, 0.1) is 0 Å². The highest BCUT2D eigenvalue weighted by molar-refractivity contribution is 5.54. The lowest BCUT2D eigenvalue weighted by Crippen LogP contribution is -2.25. The molecule has 1 aromatic rings. The number of benzene rings is 1. The zero-order valence-electron chi connectivity index (χ0n) is 10.2. The molecular formula is C15H21N. The summed E-state index contributed by atoms with van der Waals surface area (Å²) in [5.74, 6) is 0. The summed E-state index contributed by atoms with van der Waals surface area (Å²) in [7, 11) is 0. The first kappa shape index (κ1) is 11.3. The van der Waals surface area contributed by atoms with Gasteiger partial charge in [-0.1, -0.05) is 23.8 Å². The van der Waals surface area contributed by atoms with Crippen molar-refractivity contribution in [2.24, 2.45) is 0 Å². The van der Waals surface area contributed by atoms with E-state index < -0.39 is 0 Å². The first-order valence-electron chi connectivity index (χ1n) is 6.24. The number of hydrogen-bond acceptors (Lipinski definition) is 1. The van der Waals surface area contributed by atoms with Crippen LogP contribution in [0.2, 0.25) is 0 Å². The van der Waals surface area contributed by atoms with Crippen molar-refractivity contribution >= 4 is 5.69 Å². The van der Waals surface area contributed by atoms with E-state index >= 15 is 0 Å². The molecule has 1 heterocycles. The summed E-state index contributed by atoms with van der Waals surface area (Å²) in [6.07, 6.45) is 4.97. The second kappa shape index (κ2) is 5.20. The Morgan fingerprint density at radius 2 is 2.12 bits per heavy atom. The average molecular weight is 215 g/mol. The van der Waals surface area contributed by atoms with Crippen LogP contribution in [0.1, 0.15) is 31.7 Å². The molecule has 1 aromatic carbocycles. The monoisotopic (exact) mass is 215 g/mol. The van der Waals surface area contributed by atoms with Crippen molar-refractivity contribution in [3.63, 3.8) is 0 Å². The summed E-state index contributed by atoms with van der Waals surface area (Å²) >= 11 is 0. The van der Waals surface area contributed by atoms with Crippen molar-refractivity contribution in [3.8, 4) is 0 Å². The van der Waals surface area contributed by atoms with Gasteiger partial charge in [0.1, 0.15) is 0 Å². The van der Waals surface area contributed by atoms with Gasteiger partial charge >= 0.3 is 0 Å². The van der Waals surface area contributed by atoms with Crippen molar-refractivity contribution in [3.05, 3.63) is 42.0 Å². The number of nitrogens with zero attached hydrogens (tertiary/aromatic N) is 1. The Balaban J connectivity index is 2.15. The van der Waals surface area contributed by atoms with Crippen LogP contribution in [-0.2, 0) is 6.42 Å². The van der Waals surface area contributed by atoms with E-state index in [-0.39, 0.29) is 0 Å². The van der Waals surface area contributed by atoms with Crippen LogP contribution >= 0.6 is 0 Å². The summed E-state index contributed by atoms with van der Waals surface area (Å²) in [5, 5.41) is 0. The van der Waals surface area contributed by atoms with E-state index in [1.54, 1.807) is 0 Å². The van der Waals surface area contributed by atoms with Crippen LogP contribution in [0.5, 0.6) is 0 Å². The smallest absolute Gasteiger partial charge is 0.0398 e. The number of hydrogen-bond donors (Lipinski definition) is 0. The van der Waals surface area contributed by atoms with E-state index in [1.165, 1.54) is 42.6 Å². The summed E-state index contributed by atoms with van der Waals surface area (Å²) < 4.78 is 0. The zero-order valence-corrected chi connectivity index (χ0v) is 10.2. The zero-order chi connectivity index (χ0) is 11.4. The third kappa shape index (κ3) is 2.66. The van der Waals surface area contributed by atoms with Gasteiger partial charge in [-0.15, -0.1) is 6.58 Å². The number of aryl methyl sites for hydroxylation is 1. The lowest BCUT2D eigenvalue weighted by atomic mass is 10.1. The topological polar surface area (TPSA) is 3.24 Å². The molecule has 0 fully saturated rings. The molecule has 0 atom stereocenters. The third-order valence-corrected chi connectivity index (χ3v) is 3.26. The third-order valence-electron chi connectivity index (χ3n) is 3.26. The van der Waals surface area contributed by atoms with Crippen LogP contribution in [0.15, 0.2) is 36.4 Å². The normalized spacial score (nSPS) is 15.4. The van der Waals surface area contributed by atoms with Crippen LogP contribution < -0.4 is 4.90 Å². The number of para-hydroxylation sites is 1. The lowest BCUT2D eigenvalue weighted by Gasteiger charge is -2.25. The maximum absolute atomic E-state index is 3.99. The van der Waals surface area contributed by atoms with Gasteiger partial charge in [0.25, 0.3) is 0 Å². The highest BCUT2D eigenvalue weighted by Crippen LogP contribution is 2.26. The Morgan fingerprint density at radius 1 is 1.31 bits per heavy atom. The van der Waals surface area contributed by atoms with Gasteiger partial charge in [-0.2, -0.15) is 0 Å². The van der Waals surface area contributed by atoms with E-state index in [1.807, 2.05) is 0 Å². The van der Waals surface area contributed by atoms with Gasteiger partial charge in [-0.3, -0.25) is 0 Å². The Labute approximate surface area is 98.8 Å². The summed E-state index contributed by atoms with van der Waals surface area (Å²) in [4.78, 5) is 2.52. The summed E-state index contributed by atoms with van der Waals surface area (Å²) in [5.41, 5.74) is 4.24. The fraction of sp³-hybridized carbons (Fsp3) is 0.467. The van der Waals surface area contributed by atoms with Gasteiger partial charge in [0.05, 0.1) is 0 Å². The Bertz CT molecular complexity index is 367. The molecule has 0 amide bonds. The SMILES string of the molecule is C=C(C)CCN1CCCCc2ccccc21. The molecule has 0 aliphatic carbocycles. The van der Waals surface area contributed by atoms with Gasteiger partial charge in [0.2, 0.25) is 0 Å². The number of rotatable bonds is 3. The van der Waals surface area contributed by atoms with E-state index in [4.69, 9.17) is 0 Å². The molecule has 0 saturated heterocycles. The van der Waals surface area contributed by atoms with E-state index in [0.29, 0.717) is 0 Å². The molecule has 1 aliphatic heterocycles. The molecule has 0 bridgehead atoms. The first-order chi connectivity index (χ1) is 7.77. The number of anilines is 1. The maximum atomic E-state index is 3.99. The average Bonchev–Trinajstić information content (AvgIpc) is 2.48. The molecule has 0 aromatic heterocycles. The van der Waals surface area contributed by atoms with Gasteiger partial charge in [-0.25, -0.2) is 0 Å². The number of fused-ring (bicyclic) bond motifs is 1. The van der Waals surface area contributed by atoms with Crippen molar-refractivity contribution in [2.45, 2.75) is 32.6 Å². The van der Waals surface area contributed by atoms with E-state index in [0.717, 1.165) is 13.0 Å². The van der Waals surface area contributed by atoms with Crippen molar-refractivity contribution in [1.29, 1.82) is 0 Å².